The van der Waals surface area contributed by atoms with Crippen molar-refractivity contribution in [3.8, 4) is 5.75 Å². The predicted octanol–water partition coefficient (Wildman–Crippen LogP) is 3.17. The van der Waals surface area contributed by atoms with Gasteiger partial charge in [0.2, 0.25) is 0 Å². The van der Waals surface area contributed by atoms with Gasteiger partial charge in [-0.3, -0.25) is 4.79 Å². The molecule has 0 spiro atoms. The lowest BCUT2D eigenvalue weighted by Crippen LogP contribution is -2.05. The molecule has 130 valence electrons. The number of methoxy groups -OCH3 is 2. The molecule has 25 heavy (non-hydrogen) atoms. The fraction of sp³-hybridized carbons (Fsp3) is 0.200. The number of carbonyl (C=O) groups excluding carboxylic acids is 2. The van der Waals surface area contributed by atoms with Crippen LogP contribution in [0.25, 0.3) is 6.08 Å². The van der Waals surface area contributed by atoms with E-state index in [9.17, 15) is 9.59 Å². The van der Waals surface area contributed by atoms with Gasteiger partial charge in [-0.05, 0) is 29.3 Å². The van der Waals surface area contributed by atoms with E-state index in [1.165, 1.54) is 20.3 Å². The van der Waals surface area contributed by atoms with Crippen LogP contribution in [0.5, 0.6) is 5.75 Å². The Morgan fingerprint density at radius 2 is 1.72 bits per heavy atom. The van der Waals surface area contributed by atoms with Crippen molar-refractivity contribution in [2.75, 3.05) is 14.2 Å². The Morgan fingerprint density at radius 1 is 0.960 bits per heavy atom. The number of hydrogen-bond donors (Lipinski definition) is 0. The smallest absolute Gasteiger partial charge is 0.330 e. The second kappa shape index (κ2) is 9.27. The lowest BCUT2D eigenvalue weighted by molar-refractivity contribution is -0.139. The predicted molar refractivity (Wildman–Crippen MR) is 94.0 cm³/mol. The van der Waals surface area contributed by atoms with Gasteiger partial charge < -0.3 is 14.2 Å². The van der Waals surface area contributed by atoms with Crippen LogP contribution in [0.1, 0.15) is 16.7 Å². The third-order valence-corrected chi connectivity index (χ3v) is 3.49. The molecule has 2 rings (SSSR count). The molecule has 0 heterocycles. The Bertz CT molecular complexity index is 750. The van der Waals surface area contributed by atoms with E-state index >= 15 is 0 Å². The van der Waals surface area contributed by atoms with Crippen molar-refractivity contribution in [3.05, 3.63) is 71.3 Å². The van der Waals surface area contributed by atoms with Crippen LogP contribution in [0.3, 0.4) is 0 Å². The molecule has 0 aliphatic rings. The highest BCUT2D eigenvalue weighted by molar-refractivity contribution is 5.87. The molecule has 2 aromatic rings. The lowest BCUT2D eigenvalue weighted by Gasteiger charge is -2.11. The maximum atomic E-state index is 11.5. The second-order valence-electron chi connectivity index (χ2n) is 5.26. The monoisotopic (exact) mass is 340 g/mol. The quantitative estimate of drug-likeness (QED) is 0.572. The molecule has 0 unspecified atom stereocenters. The van der Waals surface area contributed by atoms with Gasteiger partial charge in [0.25, 0.3) is 0 Å². The molecule has 0 aliphatic carbocycles. The van der Waals surface area contributed by atoms with Gasteiger partial charge in [0.05, 0.1) is 20.6 Å². The minimum absolute atomic E-state index is 0.147. The topological polar surface area (TPSA) is 61.8 Å². The first-order valence-corrected chi connectivity index (χ1v) is 7.75. The number of esters is 2. The summed E-state index contributed by atoms with van der Waals surface area (Å²) in [5, 5.41) is 0. The van der Waals surface area contributed by atoms with Crippen molar-refractivity contribution in [1.29, 1.82) is 0 Å². The highest BCUT2D eigenvalue weighted by Gasteiger charge is 2.08. The molecule has 0 aliphatic heterocycles. The molecular formula is C20H20O5. The Kier molecular flexibility index (Phi) is 6.77. The molecule has 0 amide bonds. The molecule has 0 radical (unpaired) electrons. The van der Waals surface area contributed by atoms with E-state index in [1.807, 2.05) is 30.3 Å². The number of benzene rings is 2. The Labute approximate surface area is 146 Å². The van der Waals surface area contributed by atoms with E-state index in [-0.39, 0.29) is 12.4 Å². The standard InChI is InChI=1S/C20H20O5/c1-23-19(21)11-9-17-12-16(13-20(22)24-2)8-10-18(17)25-14-15-6-4-3-5-7-15/h3-12H,13-14H2,1-2H3. The van der Waals surface area contributed by atoms with E-state index in [0.717, 1.165) is 11.1 Å². The van der Waals surface area contributed by atoms with Crippen molar-refractivity contribution < 1.29 is 23.8 Å². The van der Waals surface area contributed by atoms with Gasteiger partial charge in [-0.15, -0.1) is 0 Å². The molecule has 2 aromatic carbocycles. The summed E-state index contributed by atoms with van der Waals surface area (Å²) in [6.45, 7) is 0.399. The van der Waals surface area contributed by atoms with Crippen LogP contribution in [0.2, 0.25) is 0 Å². The first-order chi connectivity index (χ1) is 12.1. The molecule has 0 saturated heterocycles. The van der Waals surface area contributed by atoms with E-state index in [4.69, 9.17) is 4.74 Å². The minimum Gasteiger partial charge on any atom is -0.488 e. The zero-order chi connectivity index (χ0) is 18.1. The van der Waals surface area contributed by atoms with Crippen molar-refractivity contribution in [3.63, 3.8) is 0 Å². The first kappa shape index (κ1) is 18.3. The largest absolute Gasteiger partial charge is 0.488 e. The van der Waals surface area contributed by atoms with Gasteiger partial charge in [-0.1, -0.05) is 36.4 Å². The van der Waals surface area contributed by atoms with Crippen LogP contribution in [0, 0.1) is 0 Å². The van der Waals surface area contributed by atoms with E-state index in [2.05, 4.69) is 9.47 Å². The summed E-state index contributed by atoms with van der Waals surface area (Å²) in [5.74, 6) is -0.189. The summed E-state index contributed by atoms with van der Waals surface area (Å²) in [7, 11) is 2.66. The molecule has 0 aromatic heterocycles. The Morgan fingerprint density at radius 3 is 2.40 bits per heavy atom. The van der Waals surface area contributed by atoms with Gasteiger partial charge in [0, 0.05) is 11.6 Å². The van der Waals surface area contributed by atoms with Crippen molar-refractivity contribution in [1.82, 2.24) is 0 Å². The maximum absolute atomic E-state index is 11.5. The summed E-state index contributed by atoms with van der Waals surface area (Å²) in [6, 6.07) is 15.1. The number of carbonyl (C=O) groups is 2. The average molecular weight is 340 g/mol. The van der Waals surface area contributed by atoms with Crippen LogP contribution in [0.4, 0.5) is 0 Å². The fourth-order valence-corrected chi connectivity index (χ4v) is 2.17. The van der Waals surface area contributed by atoms with Crippen LogP contribution < -0.4 is 4.74 Å². The summed E-state index contributed by atoms with van der Waals surface area (Å²) >= 11 is 0. The van der Waals surface area contributed by atoms with Crippen LogP contribution in [-0.4, -0.2) is 26.2 Å². The average Bonchev–Trinajstić information content (AvgIpc) is 2.65. The van der Waals surface area contributed by atoms with Crippen LogP contribution in [0.15, 0.2) is 54.6 Å². The molecule has 0 fully saturated rings. The van der Waals surface area contributed by atoms with Gasteiger partial charge in [-0.2, -0.15) is 0 Å². The maximum Gasteiger partial charge on any atom is 0.330 e. The summed E-state index contributed by atoms with van der Waals surface area (Å²) in [5.41, 5.74) is 2.48. The van der Waals surface area contributed by atoms with E-state index in [1.54, 1.807) is 24.3 Å². The van der Waals surface area contributed by atoms with Gasteiger partial charge in [0.15, 0.2) is 0 Å². The first-order valence-electron chi connectivity index (χ1n) is 7.75. The lowest BCUT2D eigenvalue weighted by atomic mass is 10.1. The third-order valence-electron chi connectivity index (χ3n) is 3.49. The Hall–Kier alpha value is -3.08. The second-order valence-corrected chi connectivity index (χ2v) is 5.26. The zero-order valence-electron chi connectivity index (χ0n) is 14.2. The van der Waals surface area contributed by atoms with E-state index in [0.29, 0.717) is 17.9 Å². The van der Waals surface area contributed by atoms with Crippen molar-refractivity contribution >= 4 is 18.0 Å². The molecule has 0 saturated carbocycles. The molecule has 0 N–H and O–H groups in total. The number of hydrogen-bond acceptors (Lipinski definition) is 5. The summed E-state index contributed by atoms with van der Waals surface area (Å²) in [6.07, 6.45) is 3.06. The van der Waals surface area contributed by atoms with Crippen LogP contribution in [-0.2, 0) is 32.1 Å². The van der Waals surface area contributed by atoms with Gasteiger partial charge >= 0.3 is 11.9 Å². The number of ether oxygens (including phenoxy) is 3. The fourth-order valence-electron chi connectivity index (χ4n) is 2.17. The third kappa shape index (κ3) is 5.80. The molecule has 0 bridgehead atoms. The van der Waals surface area contributed by atoms with Gasteiger partial charge in [-0.25, -0.2) is 4.79 Å². The highest BCUT2D eigenvalue weighted by atomic mass is 16.5. The normalized spacial score (nSPS) is 10.5. The van der Waals surface area contributed by atoms with Gasteiger partial charge in [0.1, 0.15) is 12.4 Å². The molecule has 0 atom stereocenters. The summed E-state index contributed by atoms with van der Waals surface area (Å²) < 4.78 is 15.2. The highest BCUT2D eigenvalue weighted by Crippen LogP contribution is 2.23. The van der Waals surface area contributed by atoms with E-state index < -0.39 is 5.97 Å². The molecular weight excluding hydrogens is 320 g/mol. The summed E-state index contributed by atoms with van der Waals surface area (Å²) in [4.78, 5) is 22.8. The van der Waals surface area contributed by atoms with Crippen molar-refractivity contribution in [2.24, 2.45) is 0 Å². The zero-order valence-corrected chi connectivity index (χ0v) is 14.2. The van der Waals surface area contributed by atoms with Crippen molar-refractivity contribution in [2.45, 2.75) is 13.0 Å². The minimum atomic E-state index is -0.465. The molecule has 5 heteroatoms. The Balaban J connectivity index is 2.22. The van der Waals surface area contributed by atoms with Crippen LogP contribution >= 0.6 is 0 Å². The molecule has 5 nitrogen and oxygen atoms in total. The number of rotatable bonds is 7. The SMILES string of the molecule is COC(=O)C=Cc1cc(CC(=O)OC)ccc1OCc1ccccc1.